The highest BCUT2D eigenvalue weighted by atomic mass is 16.1. The monoisotopic (exact) mass is 415 g/mol. The molecule has 12 nitrogen and oxygen atoms in total. The van der Waals surface area contributed by atoms with E-state index in [1.54, 1.807) is 27.4 Å². The van der Waals surface area contributed by atoms with Crippen LogP contribution in [0.1, 0.15) is 18.8 Å². The van der Waals surface area contributed by atoms with Crippen molar-refractivity contribution in [1.82, 2.24) is 44.8 Å². The number of aromatic nitrogens is 9. The fourth-order valence-electron chi connectivity index (χ4n) is 3.38. The Labute approximate surface area is 174 Å². The van der Waals surface area contributed by atoms with Crippen molar-refractivity contribution in [1.29, 1.82) is 0 Å². The average molecular weight is 415 g/mol. The van der Waals surface area contributed by atoms with Gasteiger partial charge in [-0.15, -0.1) is 10.2 Å². The van der Waals surface area contributed by atoms with Gasteiger partial charge in [-0.3, -0.25) is 9.36 Å². The summed E-state index contributed by atoms with van der Waals surface area (Å²) >= 11 is 0. The van der Waals surface area contributed by atoms with Gasteiger partial charge in [0.1, 0.15) is 29.0 Å². The van der Waals surface area contributed by atoms with Gasteiger partial charge in [0.15, 0.2) is 5.82 Å². The second-order valence-electron chi connectivity index (χ2n) is 6.76. The zero-order chi connectivity index (χ0) is 21.4. The maximum absolute atomic E-state index is 13.3. The van der Waals surface area contributed by atoms with Crippen molar-refractivity contribution < 1.29 is 0 Å². The standard InChI is InChI=1S/C19H17N11O/c1-11(23-16-14(15(20)21-10-22-16)17-24-27-28-25-17)18-26-29-9-5-8-13(29)19(31)30(18)12-6-3-2-4-7-12/h2-11H,1H3,(H3,20,21,22,23)(H,24,25,27,28)/t11-/m0/s1. The lowest BCUT2D eigenvalue weighted by Gasteiger charge is -2.20. The van der Waals surface area contributed by atoms with Gasteiger partial charge < -0.3 is 11.1 Å². The van der Waals surface area contributed by atoms with Crippen molar-refractivity contribution in [3.63, 3.8) is 0 Å². The van der Waals surface area contributed by atoms with Crippen LogP contribution in [0.4, 0.5) is 11.6 Å². The molecule has 0 fully saturated rings. The quantitative estimate of drug-likeness (QED) is 0.383. The lowest BCUT2D eigenvalue weighted by molar-refractivity contribution is 0.673. The zero-order valence-corrected chi connectivity index (χ0v) is 16.3. The molecule has 4 heterocycles. The van der Waals surface area contributed by atoms with Gasteiger partial charge in [0.05, 0.1) is 11.7 Å². The highest BCUT2D eigenvalue weighted by Gasteiger charge is 2.22. The zero-order valence-electron chi connectivity index (χ0n) is 16.3. The first-order valence-electron chi connectivity index (χ1n) is 9.40. The van der Waals surface area contributed by atoms with Crippen molar-refractivity contribution in [3.05, 3.63) is 71.2 Å². The van der Waals surface area contributed by atoms with E-state index in [9.17, 15) is 4.79 Å². The number of rotatable bonds is 5. The summed E-state index contributed by atoms with van der Waals surface area (Å²) in [4.78, 5) is 21.6. The van der Waals surface area contributed by atoms with Crippen molar-refractivity contribution in [2.24, 2.45) is 0 Å². The number of anilines is 2. The van der Waals surface area contributed by atoms with Crippen LogP contribution in [-0.4, -0.2) is 44.8 Å². The molecule has 1 aromatic carbocycles. The number of nitrogens with one attached hydrogen (secondary N) is 2. The predicted octanol–water partition coefficient (Wildman–Crippen LogP) is 1.21. The third kappa shape index (κ3) is 3.15. The number of H-pyrrole nitrogens is 1. The third-order valence-electron chi connectivity index (χ3n) is 4.79. The second kappa shape index (κ2) is 7.33. The minimum atomic E-state index is -0.445. The van der Waals surface area contributed by atoms with Gasteiger partial charge in [-0.25, -0.2) is 14.5 Å². The van der Waals surface area contributed by atoms with E-state index in [4.69, 9.17) is 5.73 Å². The number of nitrogen functional groups attached to an aromatic ring is 1. The highest BCUT2D eigenvalue weighted by Crippen LogP contribution is 2.29. The van der Waals surface area contributed by atoms with Crippen LogP contribution in [0.25, 0.3) is 22.6 Å². The Balaban J connectivity index is 1.65. The number of tetrazole rings is 1. The fourth-order valence-corrected chi connectivity index (χ4v) is 3.38. The Morgan fingerprint density at radius 2 is 1.97 bits per heavy atom. The van der Waals surface area contributed by atoms with Gasteiger partial charge in [-0.05, 0) is 36.4 Å². The minimum Gasteiger partial charge on any atom is -0.383 e. The van der Waals surface area contributed by atoms with Crippen molar-refractivity contribution in [2.75, 3.05) is 11.1 Å². The fraction of sp³-hybridized carbons (Fsp3) is 0.105. The normalized spacial score (nSPS) is 12.2. The van der Waals surface area contributed by atoms with Gasteiger partial charge in [0, 0.05) is 6.20 Å². The lowest BCUT2D eigenvalue weighted by atomic mass is 10.2. The summed E-state index contributed by atoms with van der Waals surface area (Å²) in [5.41, 5.74) is 7.43. The van der Waals surface area contributed by atoms with Crippen molar-refractivity contribution in [2.45, 2.75) is 13.0 Å². The van der Waals surface area contributed by atoms with Crippen molar-refractivity contribution >= 4 is 17.2 Å². The number of nitrogens with zero attached hydrogens (tertiary/aromatic N) is 8. The first-order chi connectivity index (χ1) is 15.1. The maximum Gasteiger partial charge on any atom is 0.282 e. The molecule has 154 valence electrons. The number of hydrogen-bond donors (Lipinski definition) is 3. The van der Waals surface area contributed by atoms with E-state index in [1.165, 1.54) is 6.33 Å². The Hall–Kier alpha value is -4.61. The number of nitrogens with two attached hydrogens (primary N) is 1. The van der Waals surface area contributed by atoms with Gasteiger partial charge in [0.25, 0.3) is 5.56 Å². The number of aromatic amines is 1. The number of para-hydroxylation sites is 1. The summed E-state index contributed by atoms with van der Waals surface area (Å²) in [6.07, 6.45) is 3.07. The topological polar surface area (TPSA) is 158 Å². The molecular weight excluding hydrogens is 398 g/mol. The molecule has 1 atom stereocenters. The molecule has 0 saturated carbocycles. The SMILES string of the molecule is C[C@H](Nc1ncnc(N)c1-c1nn[nH]n1)c1nn2cccc2c(=O)n1-c1ccccc1. The smallest absolute Gasteiger partial charge is 0.282 e. The number of benzene rings is 1. The third-order valence-corrected chi connectivity index (χ3v) is 4.79. The average Bonchev–Trinajstić information content (AvgIpc) is 3.46. The second-order valence-corrected chi connectivity index (χ2v) is 6.76. The van der Waals surface area contributed by atoms with Gasteiger partial charge in [-0.2, -0.15) is 10.3 Å². The molecule has 5 rings (SSSR count). The van der Waals surface area contributed by atoms with Gasteiger partial charge >= 0.3 is 0 Å². The number of hydrogen-bond acceptors (Lipinski definition) is 9. The van der Waals surface area contributed by atoms with E-state index in [0.29, 0.717) is 28.4 Å². The Morgan fingerprint density at radius 1 is 1.13 bits per heavy atom. The summed E-state index contributed by atoms with van der Waals surface area (Å²) < 4.78 is 3.13. The van der Waals surface area contributed by atoms with E-state index < -0.39 is 6.04 Å². The molecule has 12 heteroatoms. The van der Waals surface area contributed by atoms with E-state index in [1.807, 2.05) is 37.3 Å². The molecular formula is C19H17N11O. The largest absolute Gasteiger partial charge is 0.383 e. The summed E-state index contributed by atoms with van der Waals surface area (Å²) in [6.45, 7) is 1.87. The van der Waals surface area contributed by atoms with Crippen LogP contribution in [0.15, 0.2) is 59.8 Å². The molecule has 4 N–H and O–H groups in total. The summed E-state index contributed by atoms with van der Waals surface area (Å²) in [6, 6.07) is 12.4. The van der Waals surface area contributed by atoms with Crippen LogP contribution in [-0.2, 0) is 0 Å². The van der Waals surface area contributed by atoms with Crippen molar-refractivity contribution in [3.8, 4) is 17.1 Å². The molecule has 0 aliphatic rings. The first kappa shape index (κ1) is 18.4. The van der Waals surface area contributed by atoms with Crippen LogP contribution in [0.2, 0.25) is 0 Å². The molecule has 0 radical (unpaired) electrons. The van der Waals surface area contributed by atoms with E-state index in [0.717, 1.165) is 0 Å². The van der Waals surface area contributed by atoms with Crippen LogP contribution in [0, 0.1) is 0 Å². The maximum atomic E-state index is 13.3. The highest BCUT2D eigenvalue weighted by molar-refractivity contribution is 5.79. The van der Waals surface area contributed by atoms with E-state index in [2.05, 4.69) is 41.0 Å². The molecule has 4 aromatic heterocycles. The summed E-state index contributed by atoms with van der Waals surface area (Å²) in [5, 5.41) is 21.9. The van der Waals surface area contributed by atoms with Crippen LogP contribution in [0.5, 0.6) is 0 Å². The Morgan fingerprint density at radius 3 is 2.74 bits per heavy atom. The summed E-state index contributed by atoms with van der Waals surface area (Å²) in [5.74, 6) is 1.32. The van der Waals surface area contributed by atoms with Crippen LogP contribution in [0.3, 0.4) is 0 Å². The summed E-state index contributed by atoms with van der Waals surface area (Å²) in [7, 11) is 0. The molecule has 0 amide bonds. The molecule has 0 saturated heterocycles. The van der Waals surface area contributed by atoms with Gasteiger partial charge in [0.2, 0.25) is 5.82 Å². The van der Waals surface area contributed by atoms with Crippen LogP contribution >= 0.6 is 0 Å². The molecule has 0 bridgehead atoms. The molecule has 31 heavy (non-hydrogen) atoms. The van der Waals surface area contributed by atoms with Gasteiger partial charge in [-0.1, -0.05) is 18.2 Å². The Bertz CT molecular complexity index is 1410. The molecule has 0 spiro atoms. The minimum absolute atomic E-state index is 0.185. The Kier molecular flexibility index (Phi) is 4.36. The van der Waals surface area contributed by atoms with E-state index in [-0.39, 0.29) is 17.2 Å². The number of fused-ring (bicyclic) bond motifs is 1. The lowest BCUT2D eigenvalue weighted by Crippen LogP contribution is -2.29. The molecule has 0 aliphatic carbocycles. The first-order valence-corrected chi connectivity index (χ1v) is 9.40. The van der Waals surface area contributed by atoms with E-state index >= 15 is 0 Å². The predicted molar refractivity (Wildman–Crippen MR) is 112 cm³/mol. The molecule has 0 aliphatic heterocycles. The molecule has 0 unspecified atom stereocenters. The molecule has 5 aromatic rings. The van der Waals surface area contributed by atoms with Crippen LogP contribution < -0.4 is 16.6 Å².